The van der Waals surface area contributed by atoms with Crippen LogP contribution >= 0.6 is 0 Å². The van der Waals surface area contributed by atoms with Gasteiger partial charge in [-0.1, -0.05) is 26.0 Å². The number of benzene rings is 1. The van der Waals surface area contributed by atoms with E-state index in [4.69, 9.17) is 0 Å². The van der Waals surface area contributed by atoms with E-state index in [1.165, 1.54) is 6.07 Å². The molecule has 2 amide bonds. The van der Waals surface area contributed by atoms with E-state index >= 15 is 0 Å². The first kappa shape index (κ1) is 22.9. The number of hydrogen-bond acceptors (Lipinski definition) is 4. The molecule has 3 aliphatic rings. The molecular formula is C25H34FN3O3. The fourth-order valence-corrected chi connectivity index (χ4v) is 5.20. The SMILES string of the molecule is CCC(C)C(=O)C(=O)N1CCC2(CC1)CC2C(=O)N1CCN(Cc2cccc(F)c2)CC1. The normalized spacial score (nSPS) is 23.8. The number of halogens is 1. The Morgan fingerprint density at radius 3 is 2.38 bits per heavy atom. The van der Waals surface area contributed by atoms with Crippen LogP contribution in [0.25, 0.3) is 0 Å². The average Bonchev–Trinajstić information content (AvgIpc) is 3.51. The first-order valence-corrected chi connectivity index (χ1v) is 11.9. The summed E-state index contributed by atoms with van der Waals surface area (Å²) in [5.41, 5.74) is 0.977. The van der Waals surface area contributed by atoms with Crippen molar-refractivity contribution in [1.29, 1.82) is 0 Å². The molecule has 2 atom stereocenters. The van der Waals surface area contributed by atoms with E-state index in [2.05, 4.69) is 4.90 Å². The van der Waals surface area contributed by atoms with Crippen LogP contribution in [0.15, 0.2) is 24.3 Å². The van der Waals surface area contributed by atoms with Crippen molar-refractivity contribution in [3.05, 3.63) is 35.6 Å². The van der Waals surface area contributed by atoms with Gasteiger partial charge in [0, 0.05) is 57.6 Å². The molecule has 32 heavy (non-hydrogen) atoms. The molecule has 7 heteroatoms. The van der Waals surface area contributed by atoms with Crippen molar-refractivity contribution in [2.45, 2.75) is 46.1 Å². The quantitative estimate of drug-likeness (QED) is 0.635. The fourth-order valence-electron chi connectivity index (χ4n) is 5.20. The number of carbonyl (C=O) groups is 3. The van der Waals surface area contributed by atoms with Gasteiger partial charge in [-0.25, -0.2) is 4.39 Å². The molecule has 1 aromatic rings. The highest BCUT2D eigenvalue weighted by Gasteiger charge is 2.59. The fraction of sp³-hybridized carbons (Fsp3) is 0.640. The molecule has 2 saturated heterocycles. The first-order chi connectivity index (χ1) is 15.3. The maximum absolute atomic E-state index is 13.4. The number of piperazine rings is 1. The summed E-state index contributed by atoms with van der Waals surface area (Å²) < 4.78 is 13.4. The van der Waals surface area contributed by atoms with Crippen LogP contribution in [0, 0.1) is 23.1 Å². The highest BCUT2D eigenvalue weighted by molar-refractivity contribution is 6.36. The second-order valence-corrected chi connectivity index (χ2v) is 9.82. The monoisotopic (exact) mass is 443 g/mol. The molecule has 2 heterocycles. The number of hydrogen-bond donors (Lipinski definition) is 0. The standard InChI is InChI=1S/C25H34FN3O3/c1-3-18(2)22(30)24(32)28-9-7-25(8-10-28)16-21(25)23(31)29-13-11-27(12-14-29)17-19-5-4-6-20(26)15-19/h4-6,15,18,21H,3,7-14,16-17H2,1-2H3. The predicted molar refractivity (Wildman–Crippen MR) is 119 cm³/mol. The van der Waals surface area contributed by atoms with Crippen molar-refractivity contribution in [2.24, 2.45) is 17.3 Å². The Bertz CT molecular complexity index is 873. The summed E-state index contributed by atoms with van der Waals surface area (Å²) in [6, 6.07) is 6.69. The van der Waals surface area contributed by atoms with E-state index in [0.29, 0.717) is 39.1 Å². The van der Waals surface area contributed by atoms with Crippen molar-refractivity contribution in [2.75, 3.05) is 39.3 Å². The van der Waals surface area contributed by atoms with Gasteiger partial charge >= 0.3 is 0 Å². The van der Waals surface area contributed by atoms with Crippen LogP contribution < -0.4 is 0 Å². The minimum Gasteiger partial charge on any atom is -0.340 e. The molecule has 4 rings (SSSR count). The number of likely N-dealkylation sites (tertiary alicyclic amines) is 1. The minimum absolute atomic E-state index is 0.0198. The van der Waals surface area contributed by atoms with Gasteiger partial charge in [0.25, 0.3) is 5.91 Å². The second-order valence-electron chi connectivity index (χ2n) is 9.82. The van der Waals surface area contributed by atoms with Crippen molar-refractivity contribution >= 4 is 17.6 Å². The molecule has 1 aromatic carbocycles. The molecule has 2 aliphatic heterocycles. The summed E-state index contributed by atoms with van der Waals surface area (Å²) in [6.07, 6.45) is 3.19. The number of Topliss-reactive ketones (excluding diaryl/α,β-unsaturated/α-hetero) is 1. The Morgan fingerprint density at radius 1 is 1.06 bits per heavy atom. The van der Waals surface area contributed by atoms with Gasteiger partial charge in [-0.05, 0) is 48.8 Å². The molecule has 1 aliphatic carbocycles. The zero-order chi connectivity index (χ0) is 22.9. The third kappa shape index (κ3) is 4.72. The summed E-state index contributed by atoms with van der Waals surface area (Å²) in [5.74, 6) is -0.790. The number of carbonyl (C=O) groups excluding carboxylic acids is 3. The number of amides is 2. The molecule has 0 aromatic heterocycles. The lowest BCUT2D eigenvalue weighted by Gasteiger charge is -2.36. The second kappa shape index (κ2) is 9.30. The Kier molecular flexibility index (Phi) is 6.65. The van der Waals surface area contributed by atoms with E-state index < -0.39 is 0 Å². The molecule has 1 spiro atoms. The van der Waals surface area contributed by atoms with Crippen LogP contribution in [0.2, 0.25) is 0 Å². The number of nitrogens with zero attached hydrogens (tertiary/aromatic N) is 3. The van der Waals surface area contributed by atoms with Gasteiger partial charge < -0.3 is 9.80 Å². The molecule has 2 unspecified atom stereocenters. The lowest BCUT2D eigenvalue weighted by atomic mass is 9.89. The summed E-state index contributed by atoms with van der Waals surface area (Å²) in [5, 5.41) is 0. The lowest BCUT2D eigenvalue weighted by Crippen LogP contribution is -2.49. The van der Waals surface area contributed by atoms with Gasteiger partial charge in [-0.15, -0.1) is 0 Å². The summed E-state index contributed by atoms with van der Waals surface area (Å²) in [7, 11) is 0. The van der Waals surface area contributed by atoms with E-state index in [-0.39, 0.29) is 40.7 Å². The highest BCUT2D eigenvalue weighted by atomic mass is 19.1. The number of ketones is 1. The maximum atomic E-state index is 13.4. The van der Waals surface area contributed by atoms with Crippen LogP contribution in [-0.4, -0.2) is 71.6 Å². The third-order valence-electron chi connectivity index (χ3n) is 7.78. The largest absolute Gasteiger partial charge is 0.340 e. The zero-order valence-corrected chi connectivity index (χ0v) is 19.2. The van der Waals surface area contributed by atoms with Gasteiger partial charge in [0.15, 0.2) is 0 Å². The molecule has 3 fully saturated rings. The Hall–Kier alpha value is -2.28. The molecule has 174 valence electrons. The predicted octanol–water partition coefficient (Wildman–Crippen LogP) is 2.71. The van der Waals surface area contributed by atoms with Gasteiger partial charge in [0.1, 0.15) is 5.82 Å². The van der Waals surface area contributed by atoms with Gasteiger partial charge in [0.2, 0.25) is 11.7 Å². The third-order valence-corrected chi connectivity index (χ3v) is 7.78. The molecular weight excluding hydrogens is 409 g/mol. The Labute approximate surface area is 189 Å². The van der Waals surface area contributed by atoms with Crippen LogP contribution in [0.1, 0.15) is 45.1 Å². The van der Waals surface area contributed by atoms with Crippen LogP contribution in [0.5, 0.6) is 0 Å². The van der Waals surface area contributed by atoms with E-state index in [1.54, 1.807) is 24.0 Å². The van der Waals surface area contributed by atoms with Crippen molar-refractivity contribution in [3.8, 4) is 0 Å². The van der Waals surface area contributed by atoms with Gasteiger partial charge in [-0.2, -0.15) is 0 Å². The van der Waals surface area contributed by atoms with Crippen LogP contribution in [0.4, 0.5) is 4.39 Å². The molecule has 0 radical (unpaired) electrons. The smallest absolute Gasteiger partial charge is 0.290 e. The maximum Gasteiger partial charge on any atom is 0.290 e. The number of piperidine rings is 1. The topological polar surface area (TPSA) is 60.9 Å². The first-order valence-electron chi connectivity index (χ1n) is 11.9. The van der Waals surface area contributed by atoms with Crippen molar-refractivity contribution < 1.29 is 18.8 Å². The van der Waals surface area contributed by atoms with E-state index in [0.717, 1.165) is 37.9 Å². The van der Waals surface area contributed by atoms with E-state index in [1.807, 2.05) is 17.9 Å². The zero-order valence-electron chi connectivity index (χ0n) is 19.2. The average molecular weight is 444 g/mol. The lowest BCUT2D eigenvalue weighted by molar-refractivity contribution is -0.147. The van der Waals surface area contributed by atoms with Gasteiger partial charge in [0.05, 0.1) is 0 Å². The summed E-state index contributed by atoms with van der Waals surface area (Å²) in [6.45, 7) is 8.57. The van der Waals surface area contributed by atoms with Crippen LogP contribution in [0.3, 0.4) is 0 Å². The minimum atomic E-state index is -0.354. The molecule has 6 nitrogen and oxygen atoms in total. The highest BCUT2D eigenvalue weighted by Crippen LogP contribution is 2.60. The number of rotatable bonds is 6. The Morgan fingerprint density at radius 2 is 1.75 bits per heavy atom. The Balaban J connectivity index is 1.23. The summed E-state index contributed by atoms with van der Waals surface area (Å²) >= 11 is 0. The summed E-state index contributed by atoms with van der Waals surface area (Å²) in [4.78, 5) is 43.7. The van der Waals surface area contributed by atoms with Crippen molar-refractivity contribution in [1.82, 2.24) is 14.7 Å². The van der Waals surface area contributed by atoms with Crippen LogP contribution in [-0.2, 0) is 20.9 Å². The van der Waals surface area contributed by atoms with E-state index in [9.17, 15) is 18.8 Å². The molecule has 0 N–H and O–H groups in total. The molecule has 1 saturated carbocycles. The van der Waals surface area contributed by atoms with Crippen molar-refractivity contribution in [3.63, 3.8) is 0 Å². The van der Waals surface area contributed by atoms with Gasteiger partial charge in [-0.3, -0.25) is 19.3 Å². The molecule has 0 bridgehead atoms.